The molecular formula is C17H26N2O5. The molecule has 1 aromatic carbocycles. The second kappa shape index (κ2) is 9.12. The Morgan fingerprint density at radius 1 is 1.08 bits per heavy atom. The summed E-state index contributed by atoms with van der Waals surface area (Å²) in [5.41, 5.74) is -0.749. The zero-order valence-electron chi connectivity index (χ0n) is 14.9. The third-order valence-corrected chi connectivity index (χ3v) is 3.60. The van der Waals surface area contributed by atoms with Gasteiger partial charge in [0.05, 0.1) is 19.9 Å². The van der Waals surface area contributed by atoms with Gasteiger partial charge in [-0.15, -0.1) is 0 Å². The normalized spacial score (nSPS) is 10.9. The summed E-state index contributed by atoms with van der Waals surface area (Å²) in [7, 11) is 4.64. The molecule has 0 heterocycles. The van der Waals surface area contributed by atoms with Gasteiger partial charge in [0.25, 0.3) is 0 Å². The highest BCUT2D eigenvalue weighted by atomic mass is 16.5. The molecule has 0 bridgehead atoms. The lowest BCUT2D eigenvalue weighted by Gasteiger charge is -2.23. The van der Waals surface area contributed by atoms with Crippen LogP contribution in [0.25, 0.3) is 0 Å². The molecule has 0 spiro atoms. The van der Waals surface area contributed by atoms with Crippen LogP contribution in [0.3, 0.4) is 0 Å². The molecule has 7 nitrogen and oxygen atoms in total. The fourth-order valence-corrected chi connectivity index (χ4v) is 1.92. The van der Waals surface area contributed by atoms with Crippen LogP contribution in [0.1, 0.15) is 20.3 Å². The van der Waals surface area contributed by atoms with Gasteiger partial charge in [-0.05, 0) is 32.4 Å². The Kier molecular flexibility index (Phi) is 7.51. The zero-order chi connectivity index (χ0) is 18.2. The summed E-state index contributed by atoms with van der Waals surface area (Å²) in [4.78, 5) is 24.8. The number of ether oxygens (including phenoxy) is 3. The fourth-order valence-electron chi connectivity index (χ4n) is 1.92. The van der Waals surface area contributed by atoms with E-state index in [4.69, 9.17) is 14.2 Å². The van der Waals surface area contributed by atoms with E-state index in [1.54, 1.807) is 46.3 Å². The Morgan fingerprint density at radius 2 is 1.79 bits per heavy atom. The molecule has 0 aromatic heterocycles. The molecule has 1 rings (SSSR count). The van der Waals surface area contributed by atoms with Crippen molar-refractivity contribution < 1.29 is 23.8 Å². The van der Waals surface area contributed by atoms with Crippen molar-refractivity contribution in [2.24, 2.45) is 5.41 Å². The molecule has 2 amide bonds. The second-order valence-electron chi connectivity index (χ2n) is 5.75. The molecule has 0 atom stereocenters. The maximum atomic E-state index is 12.5. The molecule has 0 aliphatic heterocycles. The number of carbonyl (C=O) groups is 2. The summed E-state index contributed by atoms with van der Waals surface area (Å²) in [5.74, 6) is 0.304. The Labute approximate surface area is 142 Å². The van der Waals surface area contributed by atoms with Gasteiger partial charge in [0.2, 0.25) is 11.8 Å². The van der Waals surface area contributed by atoms with Gasteiger partial charge in [0.1, 0.15) is 16.9 Å². The largest absolute Gasteiger partial charge is 0.497 e. The van der Waals surface area contributed by atoms with Gasteiger partial charge in [-0.25, -0.2) is 0 Å². The number of rotatable bonds is 9. The first kappa shape index (κ1) is 19.8. The smallest absolute Gasteiger partial charge is 0.239 e. The molecular weight excluding hydrogens is 312 g/mol. The Morgan fingerprint density at radius 3 is 2.38 bits per heavy atom. The number of amides is 2. The topological polar surface area (TPSA) is 85.9 Å². The number of hydrogen-bond donors (Lipinski definition) is 2. The fraction of sp³-hybridized carbons (Fsp3) is 0.529. The van der Waals surface area contributed by atoms with Gasteiger partial charge in [-0.2, -0.15) is 0 Å². The van der Waals surface area contributed by atoms with Crippen molar-refractivity contribution in [2.45, 2.75) is 20.3 Å². The quantitative estimate of drug-likeness (QED) is 0.530. The van der Waals surface area contributed by atoms with Crippen molar-refractivity contribution >= 4 is 17.5 Å². The molecule has 0 aliphatic carbocycles. The van der Waals surface area contributed by atoms with E-state index in [9.17, 15) is 9.59 Å². The molecule has 2 N–H and O–H groups in total. The Balaban J connectivity index is 2.76. The average molecular weight is 338 g/mol. The van der Waals surface area contributed by atoms with Crippen molar-refractivity contribution in [2.75, 3.05) is 39.8 Å². The maximum absolute atomic E-state index is 12.5. The standard InChI is InChI=1S/C17H26N2O5/c1-17(2,15(20)18-9-6-10-22-3)16(21)19-13-8-7-12(23-4)11-14(13)24-5/h7-8,11H,6,9-10H2,1-5H3,(H,18,20)(H,19,21). The van der Waals surface area contributed by atoms with Crippen LogP contribution in [0.2, 0.25) is 0 Å². The number of nitrogens with one attached hydrogen (secondary N) is 2. The number of benzene rings is 1. The number of methoxy groups -OCH3 is 3. The van der Waals surface area contributed by atoms with Gasteiger partial charge >= 0.3 is 0 Å². The summed E-state index contributed by atoms with van der Waals surface area (Å²) >= 11 is 0. The van der Waals surface area contributed by atoms with E-state index in [1.165, 1.54) is 7.11 Å². The summed E-state index contributed by atoms with van der Waals surface area (Å²) in [6.45, 7) is 4.15. The van der Waals surface area contributed by atoms with E-state index >= 15 is 0 Å². The summed E-state index contributed by atoms with van der Waals surface area (Å²) in [6, 6.07) is 5.03. The molecule has 0 saturated carbocycles. The van der Waals surface area contributed by atoms with Gasteiger partial charge in [0.15, 0.2) is 0 Å². The highest BCUT2D eigenvalue weighted by molar-refractivity contribution is 6.10. The lowest BCUT2D eigenvalue weighted by Crippen LogP contribution is -2.45. The van der Waals surface area contributed by atoms with Crippen LogP contribution in [0.4, 0.5) is 5.69 Å². The molecule has 0 saturated heterocycles. The summed E-state index contributed by atoms with van der Waals surface area (Å²) in [5, 5.41) is 5.47. The SMILES string of the molecule is COCCCNC(=O)C(C)(C)C(=O)Nc1ccc(OC)cc1OC. The summed E-state index contributed by atoms with van der Waals surface area (Å²) in [6.07, 6.45) is 0.687. The van der Waals surface area contributed by atoms with E-state index in [0.717, 1.165) is 0 Å². The lowest BCUT2D eigenvalue weighted by atomic mass is 9.91. The van der Waals surface area contributed by atoms with Crippen LogP contribution < -0.4 is 20.1 Å². The van der Waals surface area contributed by atoms with Crippen molar-refractivity contribution in [3.05, 3.63) is 18.2 Å². The van der Waals surface area contributed by atoms with Crippen LogP contribution in [0, 0.1) is 5.41 Å². The first-order valence-electron chi connectivity index (χ1n) is 7.67. The maximum Gasteiger partial charge on any atom is 0.239 e. The first-order chi connectivity index (χ1) is 11.4. The van der Waals surface area contributed by atoms with Crippen LogP contribution in [0.15, 0.2) is 18.2 Å². The van der Waals surface area contributed by atoms with Crippen molar-refractivity contribution in [1.29, 1.82) is 0 Å². The molecule has 134 valence electrons. The highest BCUT2D eigenvalue weighted by Crippen LogP contribution is 2.30. The monoisotopic (exact) mass is 338 g/mol. The van der Waals surface area contributed by atoms with E-state index < -0.39 is 11.3 Å². The molecule has 24 heavy (non-hydrogen) atoms. The number of hydrogen-bond acceptors (Lipinski definition) is 5. The average Bonchev–Trinajstić information content (AvgIpc) is 2.58. The molecule has 0 fully saturated rings. The number of carbonyl (C=O) groups excluding carboxylic acids is 2. The molecule has 0 unspecified atom stereocenters. The Bertz CT molecular complexity index is 572. The van der Waals surface area contributed by atoms with Crippen LogP contribution in [0.5, 0.6) is 11.5 Å². The van der Waals surface area contributed by atoms with Gasteiger partial charge < -0.3 is 24.8 Å². The van der Waals surface area contributed by atoms with Crippen molar-refractivity contribution in [3.63, 3.8) is 0 Å². The summed E-state index contributed by atoms with van der Waals surface area (Å²) < 4.78 is 15.3. The number of anilines is 1. The molecule has 7 heteroatoms. The minimum absolute atomic E-state index is 0.344. The van der Waals surface area contributed by atoms with Crippen molar-refractivity contribution in [1.82, 2.24) is 5.32 Å². The predicted molar refractivity (Wildman–Crippen MR) is 91.5 cm³/mol. The highest BCUT2D eigenvalue weighted by Gasteiger charge is 2.36. The first-order valence-corrected chi connectivity index (χ1v) is 7.67. The van der Waals surface area contributed by atoms with E-state index in [1.807, 2.05) is 0 Å². The predicted octanol–water partition coefficient (Wildman–Crippen LogP) is 1.82. The van der Waals surface area contributed by atoms with E-state index in [-0.39, 0.29) is 5.91 Å². The Hall–Kier alpha value is -2.28. The minimum atomic E-state index is -1.22. The van der Waals surface area contributed by atoms with Crippen LogP contribution >= 0.6 is 0 Å². The van der Waals surface area contributed by atoms with Crippen LogP contribution in [-0.2, 0) is 14.3 Å². The molecule has 0 radical (unpaired) electrons. The minimum Gasteiger partial charge on any atom is -0.497 e. The van der Waals surface area contributed by atoms with Crippen LogP contribution in [-0.4, -0.2) is 46.3 Å². The molecule has 1 aromatic rings. The van der Waals surface area contributed by atoms with Gasteiger partial charge in [-0.3, -0.25) is 9.59 Å². The lowest BCUT2D eigenvalue weighted by molar-refractivity contribution is -0.138. The molecule has 0 aliphatic rings. The third kappa shape index (κ3) is 5.13. The third-order valence-electron chi connectivity index (χ3n) is 3.60. The van der Waals surface area contributed by atoms with E-state index in [2.05, 4.69) is 10.6 Å². The zero-order valence-corrected chi connectivity index (χ0v) is 14.9. The van der Waals surface area contributed by atoms with E-state index in [0.29, 0.717) is 36.8 Å². The second-order valence-corrected chi connectivity index (χ2v) is 5.75. The van der Waals surface area contributed by atoms with Gasteiger partial charge in [0, 0.05) is 26.3 Å². The van der Waals surface area contributed by atoms with Crippen molar-refractivity contribution in [3.8, 4) is 11.5 Å². The van der Waals surface area contributed by atoms with Gasteiger partial charge in [-0.1, -0.05) is 0 Å².